The minimum absolute atomic E-state index is 0.0999. The van der Waals surface area contributed by atoms with E-state index in [1.807, 2.05) is 20.8 Å². The van der Waals surface area contributed by atoms with Gasteiger partial charge in [-0.25, -0.2) is 9.18 Å². The minimum Gasteiger partial charge on any atom is -0.335 e. The summed E-state index contributed by atoms with van der Waals surface area (Å²) in [5, 5.41) is 2.99. The number of amides is 3. The fourth-order valence-corrected chi connectivity index (χ4v) is 2.62. The maximum Gasteiger partial charge on any atom is 0.317 e. The van der Waals surface area contributed by atoms with E-state index >= 15 is 0 Å². The third-order valence-electron chi connectivity index (χ3n) is 3.51. The Morgan fingerprint density at radius 2 is 1.70 bits per heavy atom. The molecule has 0 saturated carbocycles. The van der Waals surface area contributed by atoms with Crippen LogP contribution in [0.25, 0.3) is 0 Å². The van der Waals surface area contributed by atoms with Crippen LogP contribution in [0.5, 0.6) is 0 Å². The lowest BCUT2D eigenvalue weighted by Gasteiger charge is -2.36. The average molecular weight is 342 g/mol. The molecule has 3 amide bonds. The molecule has 0 unspecified atom stereocenters. The van der Waals surface area contributed by atoms with Crippen molar-refractivity contribution in [1.29, 1.82) is 0 Å². The zero-order valence-electron chi connectivity index (χ0n) is 13.5. The predicted molar refractivity (Wildman–Crippen MR) is 87.2 cm³/mol. The fourth-order valence-electron chi connectivity index (χ4n) is 2.37. The molecule has 1 aromatic rings. The molecular weight excluding hydrogens is 321 g/mol. The summed E-state index contributed by atoms with van der Waals surface area (Å²) in [5.41, 5.74) is -0.424. The van der Waals surface area contributed by atoms with Crippen LogP contribution in [0.2, 0.25) is 5.02 Å². The van der Waals surface area contributed by atoms with E-state index in [0.717, 1.165) is 0 Å². The van der Waals surface area contributed by atoms with Gasteiger partial charge in [0.2, 0.25) is 0 Å². The Hall–Kier alpha value is -1.82. The standard InChI is InChI=1S/C16H21ClFN3O2/c1-16(2,3)19-15(23)21-9-7-20(8-10-21)14(22)13-11(17)5-4-6-12(13)18/h4-6H,7-10H2,1-3H3,(H,19,23). The van der Waals surface area contributed by atoms with Crippen LogP contribution in [0.1, 0.15) is 31.1 Å². The second-order valence-corrected chi connectivity index (χ2v) is 6.96. The first kappa shape index (κ1) is 17.5. The van der Waals surface area contributed by atoms with Gasteiger partial charge in [0, 0.05) is 31.7 Å². The van der Waals surface area contributed by atoms with Crippen molar-refractivity contribution in [2.75, 3.05) is 26.2 Å². The maximum atomic E-state index is 13.8. The SMILES string of the molecule is CC(C)(C)NC(=O)N1CCN(C(=O)c2c(F)cccc2Cl)CC1. The van der Waals surface area contributed by atoms with Crippen molar-refractivity contribution < 1.29 is 14.0 Å². The number of piperazine rings is 1. The van der Waals surface area contributed by atoms with Crippen molar-refractivity contribution in [3.05, 3.63) is 34.6 Å². The Morgan fingerprint density at radius 1 is 1.13 bits per heavy atom. The van der Waals surface area contributed by atoms with Crippen LogP contribution < -0.4 is 5.32 Å². The summed E-state index contributed by atoms with van der Waals surface area (Å²) in [6.45, 7) is 7.22. The van der Waals surface area contributed by atoms with Crippen molar-refractivity contribution >= 4 is 23.5 Å². The van der Waals surface area contributed by atoms with Gasteiger partial charge < -0.3 is 15.1 Å². The van der Waals surface area contributed by atoms with E-state index in [1.165, 1.54) is 23.1 Å². The Morgan fingerprint density at radius 3 is 2.22 bits per heavy atom. The zero-order chi connectivity index (χ0) is 17.2. The topological polar surface area (TPSA) is 52.7 Å². The van der Waals surface area contributed by atoms with Gasteiger partial charge in [0.05, 0.1) is 10.6 Å². The molecular formula is C16H21ClFN3O2. The molecule has 1 aliphatic rings. The van der Waals surface area contributed by atoms with Crippen molar-refractivity contribution in [2.45, 2.75) is 26.3 Å². The van der Waals surface area contributed by atoms with Crippen molar-refractivity contribution in [2.24, 2.45) is 0 Å². The molecule has 1 aliphatic heterocycles. The first-order valence-corrected chi connectivity index (χ1v) is 7.87. The molecule has 2 rings (SSSR count). The molecule has 1 saturated heterocycles. The summed E-state index contributed by atoms with van der Waals surface area (Å²) in [7, 11) is 0. The van der Waals surface area contributed by atoms with Crippen LogP contribution >= 0.6 is 11.6 Å². The number of nitrogens with one attached hydrogen (secondary N) is 1. The molecule has 0 atom stereocenters. The lowest BCUT2D eigenvalue weighted by Crippen LogP contribution is -2.56. The van der Waals surface area contributed by atoms with E-state index in [9.17, 15) is 14.0 Å². The number of nitrogens with zero attached hydrogens (tertiary/aromatic N) is 2. The molecule has 5 nitrogen and oxygen atoms in total. The molecule has 0 spiro atoms. The highest BCUT2D eigenvalue weighted by molar-refractivity contribution is 6.33. The first-order valence-electron chi connectivity index (χ1n) is 7.49. The first-order chi connectivity index (χ1) is 10.7. The highest BCUT2D eigenvalue weighted by Crippen LogP contribution is 2.21. The Labute approximate surface area is 140 Å². The van der Waals surface area contributed by atoms with Gasteiger partial charge in [-0.2, -0.15) is 0 Å². The number of hydrogen-bond donors (Lipinski definition) is 1. The largest absolute Gasteiger partial charge is 0.335 e. The third-order valence-corrected chi connectivity index (χ3v) is 3.83. The number of halogens is 2. The van der Waals surface area contributed by atoms with E-state index in [0.29, 0.717) is 26.2 Å². The quantitative estimate of drug-likeness (QED) is 0.854. The molecule has 0 aromatic heterocycles. The van der Waals surface area contributed by atoms with Crippen LogP contribution in [0.4, 0.5) is 9.18 Å². The predicted octanol–water partition coefficient (Wildman–Crippen LogP) is 2.75. The molecule has 7 heteroatoms. The summed E-state index contributed by atoms with van der Waals surface area (Å²) in [4.78, 5) is 27.7. The molecule has 0 radical (unpaired) electrons. The van der Waals surface area contributed by atoms with Crippen molar-refractivity contribution in [1.82, 2.24) is 15.1 Å². The monoisotopic (exact) mass is 341 g/mol. The van der Waals surface area contributed by atoms with Gasteiger partial charge in [-0.05, 0) is 32.9 Å². The second kappa shape index (κ2) is 6.74. The molecule has 0 aliphatic carbocycles. The third kappa shape index (κ3) is 4.34. The number of hydrogen-bond acceptors (Lipinski definition) is 2. The molecule has 1 N–H and O–H groups in total. The van der Waals surface area contributed by atoms with E-state index in [4.69, 9.17) is 11.6 Å². The maximum absolute atomic E-state index is 13.8. The van der Waals surface area contributed by atoms with Crippen LogP contribution in [0, 0.1) is 5.82 Å². The van der Waals surface area contributed by atoms with Gasteiger partial charge in [-0.1, -0.05) is 17.7 Å². The highest BCUT2D eigenvalue weighted by atomic mass is 35.5. The number of urea groups is 1. The fraction of sp³-hybridized carbons (Fsp3) is 0.500. The summed E-state index contributed by atoms with van der Waals surface area (Å²) in [5.74, 6) is -1.07. The second-order valence-electron chi connectivity index (χ2n) is 6.56. The van der Waals surface area contributed by atoms with Crippen molar-refractivity contribution in [3.8, 4) is 0 Å². The van der Waals surface area contributed by atoms with Gasteiger partial charge in [0.15, 0.2) is 0 Å². The summed E-state index contributed by atoms with van der Waals surface area (Å²) < 4.78 is 13.8. The molecule has 1 heterocycles. The molecule has 126 valence electrons. The van der Waals surface area contributed by atoms with Crippen LogP contribution in [-0.2, 0) is 0 Å². The van der Waals surface area contributed by atoms with E-state index in [1.54, 1.807) is 4.90 Å². The van der Waals surface area contributed by atoms with Gasteiger partial charge in [0.25, 0.3) is 5.91 Å². The van der Waals surface area contributed by atoms with Crippen molar-refractivity contribution in [3.63, 3.8) is 0 Å². The summed E-state index contributed by atoms with van der Waals surface area (Å²) in [6, 6.07) is 4.01. The number of rotatable bonds is 1. The van der Waals surface area contributed by atoms with Crippen LogP contribution in [0.15, 0.2) is 18.2 Å². The highest BCUT2D eigenvalue weighted by Gasteiger charge is 2.28. The molecule has 1 aromatic carbocycles. The number of benzene rings is 1. The van der Waals surface area contributed by atoms with Gasteiger partial charge in [-0.3, -0.25) is 4.79 Å². The van der Waals surface area contributed by atoms with E-state index in [-0.39, 0.29) is 22.2 Å². The Balaban J connectivity index is 1.99. The lowest BCUT2D eigenvalue weighted by atomic mass is 10.1. The van der Waals surface area contributed by atoms with Gasteiger partial charge in [0.1, 0.15) is 5.82 Å². The Bertz CT molecular complexity index is 588. The molecule has 23 heavy (non-hydrogen) atoms. The van der Waals surface area contributed by atoms with E-state index in [2.05, 4.69) is 5.32 Å². The minimum atomic E-state index is -0.629. The molecule has 0 bridgehead atoms. The zero-order valence-corrected chi connectivity index (χ0v) is 14.3. The Kier molecular flexibility index (Phi) is 5.14. The van der Waals surface area contributed by atoms with Crippen LogP contribution in [0.3, 0.4) is 0 Å². The summed E-state index contributed by atoms with van der Waals surface area (Å²) in [6.07, 6.45) is 0. The van der Waals surface area contributed by atoms with E-state index < -0.39 is 11.7 Å². The lowest BCUT2D eigenvalue weighted by molar-refractivity contribution is 0.0657. The summed E-state index contributed by atoms with van der Waals surface area (Å²) >= 11 is 5.93. The molecule has 1 fully saturated rings. The smallest absolute Gasteiger partial charge is 0.317 e. The number of carbonyl (C=O) groups is 2. The van der Waals surface area contributed by atoms with Crippen LogP contribution in [-0.4, -0.2) is 53.5 Å². The average Bonchev–Trinajstić information content (AvgIpc) is 2.45. The number of carbonyl (C=O) groups excluding carboxylic acids is 2. The van der Waals surface area contributed by atoms with Gasteiger partial charge in [-0.15, -0.1) is 0 Å². The normalized spacial score (nSPS) is 15.5. The van der Waals surface area contributed by atoms with Gasteiger partial charge >= 0.3 is 6.03 Å².